The van der Waals surface area contributed by atoms with Crippen molar-refractivity contribution < 1.29 is 14.3 Å². The number of rotatable bonds is 5. The van der Waals surface area contributed by atoms with E-state index in [0.29, 0.717) is 10.9 Å². The first-order valence-corrected chi connectivity index (χ1v) is 8.03. The molecule has 0 aliphatic rings. The van der Waals surface area contributed by atoms with Crippen molar-refractivity contribution in [1.82, 2.24) is 4.98 Å². The van der Waals surface area contributed by atoms with Gasteiger partial charge in [0.05, 0.1) is 4.47 Å². The second-order valence-electron chi connectivity index (χ2n) is 4.59. The Kier molecular flexibility index (Phi) is 5.15. The third kappa shape index (κ3) is 4.05. The van der Waals surface area contributed by atoms with Crippen molar-refractivity contribution in [1.29, 1.82) is 0 Å². The van der Waals surface area contributed by atoms with Crippen LogP contribution in [0.3, 0.4) is 0 Å². The summed E-state index contributed by atoms with van der Waals surface area (Å²) in [6.07, 6.45) is -0.722. The van der Waals surface area contributed by atoms with Gasteiger partial charge in [-0.3, -0.25) is 14.9 Å². The number of anilines is 1. The Morgan fingerprint density at radius 2 is 2.18 bits per heavy atom. The van der Waals surface area contributed by atoms with Crippen LogP contribution in [0.4, 0.5) is 5.13 Å². The van der Waals surface area contributed by atoms with Gasteiger partial charge in [0, 0.05) is 5.38 Å². The summed E-state index contributed by atoms with van der Waals surface area (Å²) in [5.41, 5.74) is 6.31. The number of nitrogens with zero attached hydrogens (tertiary/aromatic N) is 1. The van der Waals surface area contributed by atoms with E-state index in [-0.39, 0.29) is 11.6 Å². The molecule has 22 heavy (non-hydrogen) atoms. The van der Waals surface area contributed by atoms with Crippen LogP contribution in [0.1, 0.15) is 23.0 Å². The number of carbonyl (C=O) groups is 2. The van der Waals surface area contributed by atoms with Crippen molar-refractivity contribution in [2.75, 3.05) is 5.32 Å². The molecule has 2 rings (SSSR count). The molecule has 0 saturated carbocycles. The monoisotopic (exact) mass is 383 g/mol. The van der Waals surface area contributed by atoms with Crippen molar-refractivity contribution in [2.24, 2.45) is 5.73 Å². The zero-order valence-corrected chi connectivity index (χ0v) is 14.3. The number of benzene rings is 1. The Balaban J connectivity index is 2.00. The van der Waals surface area contributed by atoms with Gasteiger partial charge in [0.15, 0.2) is 11.2 Å². The first-order valence-electron chi connectivity index (χ1n) is 6.36. The van der Waals surface area contributed by atoms with Gasteiger partial charge >= 0.3 is 0 Å². The van der Waals surface area contributed by atoms with Crippen molar-refractivity contribution in [2.45, 2.75) is 20.0 Å². The lowest BCUT2D eigenvalue weighted by atomic mass is 10.2. The molecular weight excluding hydrogens is 370 g/mol. The van der Waals surface area contributed by atoms with Crippen molar-refractivity contribution >= 4 is 44.2 Å². The Labute approximate surface area is 139 Å². The van der Waals surface area contributed by atoms with E-state index in [1.54, 1.807) is 13.0 Å². The molecule has 0 spiro atoms. The van der Waals surface area contributed by atoms with Gasteiger partial charge < -0.3 is 10.5 Å². The number of halogens is 1. The van der Waals surface area contributed by atoms with E-state index in [2.05, 4.69) is 26.2 Å². The lowest BCUT2D eigenvalue weighted by molar-refractivity contribution is -0.122. The first kappa shape index (κ1) is 16.4. The Morgan fingerprint density at radius 1 is 1.45 bits per heavy atom. The normalized spacial score (nSPS) is 11.8. The van der Waals surface area contributed by atoms with Crippen molar-refractivity contribution in [3.63, 3.8) is 0 Å². The summed E-state index contributed by atoms with van der Waals surface area (Å²) in [6, 6.07) is 5.59. The first-order chi connectivity index (χ1) is 10.4. The van der Waals surface area contributed by atoms with Gasteiger partial charge in [0.2, 0.25) is 0 Å². The highest BCUT2D eigenvalue weighted by atomic mass is 79.9. The molecule has 0 bridgehead atoms. The van der Waals surface area contributed by atoms with Gasteiger partial charge in [-0.2, -0.15) is 0 Å². The minimum atomic E-state index is -0.722. The molecule has 2 amide bonds. The quantitative estimate of drug-likeness (QED) is 0.829. The molecule has 0 radical (unpaired) electrons. The van der Waals surface area contributed by atoms with E-state index >= 15 is 0 Å². The summed E-state index contributed by atoms with van der Waals surface area (Å²) in [7, 11) is 0. The molecule has 8 heteroatoms. The molecular formula is C14H14BrN3O3S. The third-order valence-corrected chi connectivity index (χ3v) is 4.12. The lowest BCUT2D eigenvalue weighted by Gasteiger charge is -2.15. The predicted molar refractivity (Wildman–Crippen MR) is 88.2 cm³/mol. The summed E-state index contributed by atoms with van der Waals surface area (Å²) in [6.45, 7) is 3.59. The van der Waals surface area contributed by atoms with E-state index in [4.69, 9.17) is 10.5 Å². The fourth-order valence-electron chi connectivity index (χ4n) is 1.60. The van der Waals surface area contributed by atoms with Crippen molar-refractivity contribution in [3.8, 4) is 5.75 Å². The summed E-state index contributed by atoms with van der Waals surface area (Å²) in [5.74, 6) is -0.423. The van der Waals surface area contributed by atoms with E-state index in [0.717, 1.165) is 21.4 Å². The van der Waals surface area contributed by atoms with E-state index in [1.165, 1.54) is 5.38 Å². The number of carbonyl (C=O) groups excluding carboxylic acids is 2. The number of hydrogen-bond acceptors (Lipinski definition) is 5. The number of aromatic nitrogens is 1. The second kappa shape index (κ2) is 6.89. The molecule has 6 nitrogen and oxygen atoms in total. The molecule has 1 aromatic carbocycles. The maximum atomic E-state index is 12.1. The van der Waals surface area contributed by atoms with E-state index in [1.807, 2.05) is 19.1 Å². The molecule has 2 aromatic rings. The number of aryl methyl sites for hydroxylation is 1. The van der Waals surface area contributed by atoms with E-state index < -0.39 is 12.0 Å². The van der Waals surface area contributed by atoms with E-state index in [9.17, 15) is 9.59 Å². The molecule has 1 unspecified atom stereocenters. The van der Waals surface area contributed by atoms with Crippen LogP contribution in [0, 0.1) is 6.92 Å². The number of ether oxygens (including phenoxy) is 1. The molecule has 0 saturated heterocycles. The van der Waals surface area contributed by atoms with Crippen LogP contribution < -0.4 is 15.8 Å². The molecule has 0 aliphatic carbocycles. The third-order valence-electron chi connectivity index (χ3n) is 2.75. The highest BCUT2D eigenvalue weighted by Crippen LogP contribution is 2.27. The molecule has 1 atom stereocenters. The summed E-state index contributed by atoms with van der Waals surface area (Å²) < 4.78 is 6.39. The molecule has 1 aromatic heterocycles. The largest absolute Gasteiger partial charge is 0.480 e. The minimum Gasteiger partial charge on any atom is -0.480 e. The molecule has 1 heterocycles. The predicted octanol–water partition coefficient (Wildman–Crippen LogP) is 2.72. The second-order valence-corrected chi connectivity index (χ2v) is 6.30. The molecule has 3 N–H and O–H groups in total. The maximum Gasteiger partial charge on any atom is 0.268 e. The van der Waals surface area contributed by atoms with Gasteiger partial charge in [-0.25, -0.2) is 4.98 Å². The highest BCUT2D eigenvalue weighted by Gasteiger charge is 2.18. The van der Waals surface area contributed by atoms with Crippen LogP contribution >= 0.6 is 27.3 Å². The fraction of sp³-hybridized carbons (Fsp3) is 0.214. The standard InChI is InChI=1S/C14H14BrN3O3S/c1-7-3-4-11(9(15)5-7)21-8(2)13(20)18-14-17-10(6-22-14)12(16)19/h3-6,8H,1-2H3,(H2,16,19)(H,17,18,20). The SMILES string of the molecule is Cc1ccc(OC(C)C(=O)Nc2nc(C(N)=O)cs2)c(Br)c1. The van der Waals surface area contributed by atoms with Crippen LogP contribution in [0.15, 0.2) is 28.1 Å². The zero-order chi connectivity index (χ0) is 16.3. The van der Waals surface area contributed by atoms with Crippen molar-refractivity contribution in [3.05, 3.63) is 39.3 Å². The zero-order valence-electron chi connectivity index (χ0n) is 11.9. The Morgan fingerprint density at radius 3 is 2.77 bits per heavy atom. The number of primary amides is 1. The number of amides is 2. The number of thiazole rings is 1. The smallest absolute Gasteiger partial charge is 0.268 e. The number of hydrogen-bond donors (Lipinski definition) is 2. The van der Waals surface area contributed by atoms with Crippen LogP contribution in [-0.4, -0.2) is 22.9 Å². The fourth-order valence-corrected chi connectivity index (χ4v) is 2.89. The molecule has 0 aliphatic heterocycles. The average Bonchev–Trinajstić information content (AvgIpc) is 2.90. The minimum absolute atomic E-state index is 0.121. The molecule has 0 fully saturated rings. The van der Waals surface area contributed by atoms with Crippen LogP contribution in [-0.2, 0) is 4.79 Å². The van der Waals surface area contributed by atoms with Gasteiger partial charge in [-0.1, -0.05) is 6.07 Å². The lowest BCUT2D eigenvalue weighted by Crippen LogP contribution is -2.30. The highest BCUT2D eigenvalue weighted by molar-refractivity contribution is 9.10. The van der Waals surface area contributed by atoms with Crippen LogP contribution in [0.2, 0.25) is 0 Å². The number of nitrogens with two attached hydrogens (primary N) is 1. The van der Waals surface area contributed by atoms with Gasteiger partial charge in [-0.15, -0.1) is 11.3 Å². The van der Waals surface area contributed by atoms with Gasteiger partial charge in [0.1, 0.15) is 11.4 Å². The van der Waals surface area contributed by atoms with Crippen LogP contribution in [0.5, 0.6) is 5.75 Å². The Hall–Kier alpha value is -1.93. The maximum absolute atomic E-state index is 12.1. The Bertz CT molecular complexity index is 717. The summed E-state index contributed by atoms with van der Waals surface area (Å²) in [4.78, 5) is 27.0. The summed E-state index contributed by atoms with van der Waals surface area (Å²) >= 11 is 4.52. The topological polar surface area (TPSA) is 94.3 Å². The molecule has 116 valence electrons. The van der Waals surface area contributed by atoms with Gasteiger partial charge in [-0.05, 0) is 47.5 Å². The van der Waals surface area contributed by atoms with Gasteiger partial charge in [0.25, 0.3) is 11.8 Å². The summed E-state index contributed by atoms with van der Waals surface area (Å²) in [5, 5.41) is 4.38. The number of nitrogens with one attached hydrogen (secondary N) is 1. The average molecular weight is 384 g/mol. The van der Waals surface area contributed by atoms with Crippen LogP contribution in [0.25, 0.3) is 0 Å².